The van der Waals surface area contributed by atoms with Crippen LogP contribution in [0.1, 0.15) is 31.8 Å². The summed E-state index contributed by atoms with van der Waals surface area (Å²) in [5, 5.41) is 3.46. The molecule has 0 aromatic heterocycles. The number of ketones is 1. The van der Waals surface area contributed by atoms with Crippen LogP contribution in [0.5, 0.6) is 5.75 Å². The lowest BCUT2D eigenvalue weighted by atomic mass is 9.85. The van der Waals surface area contributed by atoms with Gasteiger partial charge in [0.05, 0.1) is 12.8 Å². The normalized spacial score (nSPS) is 15.2. The molecule has 1 atom stereocenters. The molecule has 0 aliphatic carbocycles. The average Bonchev–Trinajstić information content (AvgIpc) is 2.85. The average molecular weight is 463 g/mol. The summed E-state index contributed by atoms with van der Waals surface area (Å²) in [4.78, 5) is 40.4. The summed E-state index contributed by atoms with van der Waals surface area (Å²) in [5.74, 6) is -0.950. The van der Waals surface area contributed by atoms with Crippen LogP contribution in [0.3, 0.4) is 0 Å². The second kappa shape index (κ2) is 9.46. The molecule has 0 spiro atoms. The number of hydrogen-bond acceptors (Lipinski definition) is 4. The topological polar surface area (TPSA) is 75.7 Å². The van der Waals surface area contributed by atoms with E-state index >= 15 is 0 Å². The minimum absolute atomic E-state index is 0.265. The van der Waals surface area contributed by atoms with Gasteiger partial charge in [0.2, 0.25) is 5.91 Å². The zero-order chi connectivity index (χ0) is 23.5. The quantitative estimate of drug-likeness (QED) is 0.554. The van der Waals surface area contributed by atoms with Crippen molar-refractivity contribution in [2.24, 2.45) is 5.92 Å². The highest BCUT2D eigenvalue weighted by molar-refractivity contribution is 6.30. The van der Waals surface area contributed by atoms with Crippen LogP contribution in [-0.4, -0.2) is 31.8 Å². The van der Waals surface area contributed by atoms with Gasteiger partial charge in [-0.15, -0.1) is 0 Å². The minimum Gasteiger partial charge on any atom is -0.497 e. The predicted octanol–water partition coefficient (Wildman–Crippen LogP) is 4.30. The van der Waals surface area contributed by atoms with Crippen molar-refractivity contribution in [1.29, 1.82) is 0 Å². The number of halogens is 1. The van der Waals surface area contributed by atoms with Gasteiger partial charge in [-0.25, -0.2) is 0 Å². The van der Waals surface area contributed by atoms with Gasteiger partial charge in [-0.05, 0) is 60.0 Å². The van der Waals surface area contributed by atoms with E-state index in [1.807, 2.05) is 24.3 Å². The Bertz CT molecular complexity index is 1210. The number of benzene rings is 3. The highest BCUT2D eigenvalue weighted by Crippen LogP contribution is 2.32. The molecule has 0 saturated carbocycles. The van der Waals surface area contributed by atoms with Crippen LogP contribution in [0.15, 0.2) is 66.7 Å². The van der Waals surface area contributed by atoms with Gasteiger partial charge < -0.3 is 15.0 Å². The number of carbonyl (C=O) groups excluding carboxylic acids is 3. The Kier molecular flexibility index (Phi) is 6.47. The summed E-state index contributed by atoms with van der Waals surface area (Å²) < 4.78 is 5.14. The summed E-state index contributed by atoms with van der Waals surface area (Å²) in [6, 6.07) is 19.3. The van der Waals surface area contributed by atoms with E-state index in [0.717, 1.165) is 16.9 Å². The lowest BCUT2D eigenvalue weighted by molar-refractivity contribution is -0.120. The van der Waals surface area contributed by atoms with Crippen LogP contribution in [0.2, 0.25) is 5.02 Å². The van der Waals surface area contributed by atoms with E-state index in [2.05, 4.69) is 5.32 Å². The molecule has 1 aliphatic heterocycles. The molecule has 1 unspecified atom stereocenters. The minimum atomic E-state index is -0.846. The van der Waals surface area contributed by atoms with Crippen molar-refractivity contribution in [3.63, 3.8) is 0 Å². The number of ether oxygens (including phenoxy) is 1. The van der Waals surface area contributed by atoms with E-state index in [9.17, 15) is 14.4 Å². The van der Waals surface area contributed by atoms with E-state index in [-0.39, 0.29) is 24.0 Å². The second-order valence-electron chi connectivity index (χ2n) is 7.91. The number of carbonyl (C=O) groups is 3. The first-order chi connectivity index (χ1) is 15.9. The molecule has 2 amide bonds. The Morgan fingerprint density at radius 2 is 1.67 bits per heavy atom. The third-order valence-electron chi connectivity index (χ3n) is 5.80. The molecule has 0 saturated heterocycles. The zero-order valence-corrected chi connectivity index (χ0v) is 19.1. The zero-order valence-electron chi connectivity index (χ0n) is 18.3. The van der Waals surface area contributed by atoms with Crippen LogP contribution in [0.4, 0.5) is 5.69 Å². The highest BCUT2D eigenvalue weighted by Gasteiger charge is 2.38. The molecule has 1 N–H and O–H groups in total. The number of Topliss-reactive ketones (excluding diaryl/α,β-unsaturated/α-hetero) is 1. The standard InChI is InChI=1S/C26H23ClN2O4/c1-29-23-12-7-18(25(31)28-15-17-5-10-20(33-2)11-6-17)14-21(23)24(30)22(26(29)32)13-16-3-8-19(27)9-4-16/h3-12,14,22H,13,15H2,1-2H3,(H,28,31). The fraction of sp³-hybridized carbons (Fsp3) is 0.192. The maximum atomic E-state index is 13.2. The number of amides is 2. The van der Waals surface area contributed by atoms with Crippen LogP contribution < -0.4 is 15.0 Å². The van der Waals surface area contributed by atoms with Crippen molar-refractivity contribution in [3.05, 3.63) is 94.0 Å². The number of nitrogens with zero attached hydrogens (tertiary/aromatic N) is 1. The van der Waals surface area contributed by atoms with Crippen molar-refractivity contribution in [1.82, 2.24) is 5.32 Å². The van der Waals surface area contributed by atoms with Gasteiger partial charge in [0, 0.05) is 29.7 Å². The molecule has 33 heavy (non-hydrogen) atoms. The van der Waals surface area contributed by atoms with Gasteiger partial charge in [0.25, 0.3) is 5.91 Å². The number of fused-ring (bicyclic) bond motifs is 1. The first-order valence-electron chi connectivity index (χ1n) is 10.5. The van der Waals surface area contributed by atoms with Gasteiger partial charge in [-0.2, -0.15) is 0 Å². The van der Waals surface area contributed by atoms with Crippen molar-refractivity contribution in [2.45, 2.75) is 13.0 Å². The predicted molar refractivity (Wildman–Crippen MR) is 127 cm³/mol. The van der Waals surface area contributed by atoms with E-state index in [1.165, 1.54) is 4.90 Å². The van der Waals surface area contributed by atoms with E-state index in [0.29, 0.717) is 28.4 Å². The molecular formula is C26H23ClN2O4. The van der Waals surface area contributed by atoms with E-state index in [4.69, 9.17) is 16.3 Å². The van der Waals surface area contributed by atoms with Crippen LogP contribution in [-0.2, 0) is 17.8 Å². The van der Waals surface area contributed by atoms with Crippen molar-refractivity contribution in [3.8, 4) is 5.75 Å². The Labute approximate surface area is 197 Å². The summed E-state index contributed by atoms with van der Waals surface area (Å²) in [5.41, 5.74) is 3.00. The molecule has 3 aromatic rings. The Morgan fingerprint density at radius 1 is 1.00 bits per heavy atom. The number of methoxy groups -OCH3 is 1. The largest absolute Gasteiger partial charge is 0.497 e. The number of anilines is 1. The van der Waals surface area contributed by atoms with E-state index < -0.39 is 5.92 Å². The molecule has 0 bridgehead atoms. The molecule has 6 nitrogen and oxygen atoms in total. The molecule has 168 valence electrons. The maximum Gasteiger partial charge on any atom is 0.251 e. The van der Waals surface area contributed by atoms with Crippen LogP contribution >= 0.6 is 11.6 Å². The van der Waals surface area contributed by atoms with E-state index in [1.54, 1.807) is 56.6 Å². The molecule has 3 aromatic carbocycles. The van der Waals surface area contributed by atoms with Crippen LogP contribution in [0.25, 0.3) is 0 Å². The Balaban J connectivity index is 1.52. The monoisotopic (exact) mass is 462 g/mol. The van der Waals surface area contributed by atoms with Crippen molar-refractivity contribution < 1.29 is 19.1 Å². The number of nitrogens with one attached hydrogen (secondary N) is 1. The lowest BCUT2D eigenvalue weighted by Gasteiger charge is -2.30. The number of hydrogen-bond donors (Lipinski definition) is 1. The SMILES string of the molecule is COc1ccc(CNC(=O)c2ccc3c(c2)C(=O)C(Cc2ccc(Cl)cc2)C(=O)N3C)cc1. The fourth-order valence-electron chi connectivity index (χ4n) is 3.88. The van der Waals surface area contributed by atoms with Crippen molar-refractivity contribution in [2.75, 3.05) is 19.1 Å². The highest BCUT2D eigenvalue weighted by atomic mass is 35.5. The molecular weight excluding hydrogens is 440 g/mol. The van der Waals surface area contributed by atoms with Gasteiger partial charge >= 0.3 is 0 Å². The molecule has 1 heterocycles. The molecule has 4 rings (SSSR count). The molecule has 1 aliphatic rings. The summed E-state index contributed by atoms with van der Waals surface area (Å²) in [6.45, 7) is 0.339. The second-order valence-corrected chi connectivity index (χ2v) is 8.34. The third kappa shape index (κ3) is 4.76. The van der Waals surface area contributed by atoms with Gasteiger partial charge in [0.15, 0.2) is 5.78 Å². The first-order valence-corrected chi connectivity index (χ1v) is 10.9. The smallest absolute Gasteiger partial charge is 0.251 e. The molecule has 0 radical (unpaired) electrons. The van der Waals surface area contributed by atoms with Crippen LogP contribution in [0, 0.1) is 5.92 Å². The van der Waals surface area contributed by atoms with Gasteiger partial charge in [0.1, 0.15) is 11.7 Å². The lowest BCUT2D eigenvalue weighted by Crippen LogP contribution is -2.43. The maximum absolute atomic E-state index is 13.2. The van der Waals surface area contributed by atoms with Crippen molar-refractivity contribution >= 4 is 34.9 Å². The summed E-state index contributed by atoms with van der Waals surface area (Å²) in [6.07, 6.45) is 0.270. The van der Waals surface area contributed by atoms with Gasteiger partial charge in [-0.1, -0.05) is 35.9 Å². The molecule has 0 fully saturated rings. The molecule has 7 heteroatoms. The van der Waals surface area contributed by atoms with Gasteiger partial charge in [-0.3, -0.25) is 14.4 Å². The fourth-order valence-corrected chi connectivity index (χ4v) is 4.01. The Morgan fingerprint density at radius 3 is 2.33 bits per heavy atom. The Hall–Kier alpha value is -3.64. The summed E-state index contributed by atoms with van der Waals surface area (Å²) in [7, 11) is 3.24. The number of rotatable bonds is 6. The first kappa shape index (κ1) is 22.6. The summed E-state index contributed by atoms with van der Waals surface area (Å²) >= 11 is 5.94. The third-order valence-corrected chi connectivity index (χ3v) is 6.05.